The first-order valence-corrected chi connectivity index (χ1v) is 9.24. The Balaban J connectivity index is 1.84. The first kappa shape index (κ1) is 18.0. The summed E-state index contributed by atoms with van der Waals surface area (Å²) in [6, 6.07) is -0.387. The van der Waals surface area contributed by atoms with Gasteiger partial charge in [-0.3, -0.25) is 4.99 Å². The standard InChI is InChI=1S/C15H28N2O4S/c1-2-3-4-5-6-7-8-16-15-17-10(9-22-15)11(18)12(19)13(20)14(17)21/h10-14,18-21H,2-9H2,1H3/t10?,11-,12+,13-,14-/m1/s1. The molecule has 0 bridgehead atoms. The highest BCUT2D eigenvalue weighted by molar-refractivity contribution is 8.14. The number of aliphatic hydroxyl groups is 4. The monoisotopic (exact) mass is 332 g/mol. The second kappa shape index (κ2) is 8.49. The van der Waals surface area contributed by atoms with Crippen LogP contribution in [-0.4, -0.2) is 73.4 Å². The van der Waals surface area contributed by atoms with Crippen molar-refractivity contribution in [1.29, 1.82) is 0 Å². The topological polar surface area (TPSA) is 96.5 Å². The third-order valence-corrected chi connectivity index (χ3v) is 5.51. The van der Waals surface area contributed by atoms with E-state index in [1.54, 1.807) is 4.90 Å². The van der Waals surface area contributed by atoms with Crippen LogP contribution >= 0.6 is 11.8 Å². The number of amidine groups is 1. The molecule has 4 N–H and O–H groups in total. The van der Waals surface area contributed by atoms with Gasteiger partial charge in [0, 0.05) is 12.3 Å². The molecular weight excluding hydrogens is 304 g/mol. The molecular formula is C15H28N2O4S. The van der Waals surface area contributed by atoms with Crippen LogP contribution in [0.1, 0.15) is 45.4 Å². The summed E-state index contributed by atoms with van der Waals surface area (Å²) in [5.74, 6) is 0.567. The molecule has 6 nitrogen and oxygen atoms in total. The van der Waals surface area contributed by atoms with E-state index in [1.807, 2.05) is 0 Å². The molecule has 1 unspecified atom stereocenters. The van der Waals surface area contributed by atoms with E-state index >= 15 is 0 Å². The van der Waals surface area contributed by atoms with Crippen LogP contribution in [0.3, 0.4) is 0 Å². The fourth-order valence-electron chi connectivity index (χ4n) is 2.99. The van der Waals surface area contributed by atoms with Gasteiger partial charge in [-0.05, 0) is 6.42 Å². The summed E-state index contributed by atoms with van der Waals surface area (Å²) in [6.07, 6.45) is 2.23. The van der Waals surface area contributed by atoms with Gasteiger partial charge in [-0.15, -0.1) is 0 Å². The van der Waals surface area contributed by atoms with Crippen LogP contribution in [0, 0.1) is 0 Å². The molecule has 0 radical (unpaired) electrons. The van der Waals surface area contributed by atoms with Crippen molar-refractivity contribution in [2.75, 3.05) is 12.3 Å². The van der Waals surface area contributed by atoms with E-state index in [1.165, 1.54) is 37.4 Å². The molecule has 128 valence electrons. The average molecular weight is 332 g/mol. The van der Waals surface area contributed by atoms with Gasteiger partial charge in [-0.2, -0.15) is 0 Å². The van der Waals surface area contributed by atoms with Crippen molar-refractivity contribution in [3.8, 4) is 0 Å². The Hall–Kier alpha value is -0.340. The minimum Gasteiger partial charge on any atom is -0.388 e. The van der Waals surface area contributed by atoms with Crippen molar-refractivity contribution in [2.45, 2.75) is 76.0 Å². The van der Waals surface area contributed by atoms with Gasteiger partial charge in [0.15, 0.2) is 11.4 Å². The van der Waals surface area contributed by atoms with Crippen molar-refractivity contribution < 1.29 is 20.4 Å². The zero-order chi connectivity index (χ0) is 16.1. The summed E-state index contributed by atoms with van der Waals surface area (Å²) in [7, 11) is 0. The molecule has 2 rings (SSSR count). The van der Waals surface area contributed by atoms with Crippen molar-refractivity contribution in [2.24, 2.45) is 4.99 Å². The summed E-state index contributed by atoms with van der Waals surface area (Å²) in [5, 5.41) is 40.3. The van der Waals surface area contributed by atoms with E-state index in [0.717, 1.165) is 12.8 Å². The summed E-state index contributed by atoms with van der Waals surface area (Å²) in [4.78, 5) is 6.07. The molecule has 0 amide bonds. The molecule has 0 aromatic rings. The van der Waals surface area contributed by atoms with Crippen molar-refractivity contribution in [1.82, 2.24) is 4.90 Å². The summed E-state index contributed by atoms with van der Waals surface area (Å²) >= 11 is 1.46. The molecule has 22 heavy (non-hydrogen) atoms. The molecule has 0 spiro atoms. The number of hydrogen-bond acceptors (Lipinski definition) is 6. The average Bonchev–Trinajstić information content (AvgIpc) is 2.94. The maximum Gasteiger partial charge on any atom is 0.161 e. The smallest absolute Gasteiger partial charge is 0.161 e. The van der Waals surface area contributed by atoms with Gasteiger partial charge in [0.1, 0.15) is 18.3 Å². The van der Waals surface area contributed by atoms with Crippen LogP contribution in [0.15, 0.2) is 4.99 Å². The van der Waals surface area contributed by atoms with Crippen molar-refractivity contribution >= 4 is 16.9 Å². The maximum atomic E-state index is 10.1. The predicted octanol–water partition coefficient (Wildman–Crippen LogP) is 0.535. The lowest BCUT2D eigenvalue weighted by Crippen LogP contribution is -2.65. The number of fused-ring (bicyclic) bond motifs is 1. The summed E-state index contributed by atoms with van der Waals surface area (Å²) in [5.41, 5.74) is 0. The first-order chi connectivity index (χ1) is 10.6. The van der Waals surface area contributed by atoms with Crippen LogP contribution < -0.4 is 0 Å². The molecule has 0 saturated carbocycles. The van der Waals surface area contributed by atoms with Gasteiger partial charge in [0.25, 0.3) is 0 Å². The Kier molecular flexibility index (Phi) is 6.95. The minimum absolute atomic E-state index is 0.387. The van der Waals surface area contributed by atoms with Gasteiger partial charge < -0.3 is 25.3 Å². The van der Waals surface area contributed by atoms with E-state index in [9.17, 15) is 20.4 Å². The molecule has 2 heterocycles. The zero-order valence-electron chi connectivity index (χ0n) is 13.1. The Morgan fingerprint density at radius 1 is 1.00 bits per heavy atom. The Morgan fingerprint density at radius 2 is 1.68 bits per heavy atom. The summed E-state index contributed by atoms with van der Waals surface area (Å²) in [6.45, 7) is 2.89. The van der Waals surface area contributed by atoms with E-state index in [2.05, 4.69) is 11.9 Å². The lowest BCUT2D eigenvalue weighted by Gasteiger charge is -2.44. The van der Waals surface area contributed by atoms with Gasteiger partial charge >= 0.3 is 0 Å². The Bertz CT molecular complexity index is 383. The van der Waals surface area contributed by atoms with E-state index in [-0.39, 0.29) is 6.04 Å². The van der Waals surface area contributed by atoms with Crippen LogP contribution in [0.4, 0.5) is 0 Å². The van der Waals surface area contributed by atoms with Crippen molar-refractivity contribution in [3.63, 3.8) is 0 Å². The molecule has 0 aliphatic carbocycles. The number of piperidine rings is 1. The highest BCUT2D eigenvalue weighted by atomic mass is 32.2. The normalized spacial score (nSPS) is 36.9. The Morgan fingerprint density at radius 3 is 2.41 bits per heavy atom. The molecule has 0 aromatic carbocycles. The molecule has 2 fully saturated rings. The first-order valence-electron chi connectivity index (χ1n) is 8.25. The lowest BCUT2D eigenvalue weighted by molar-refractivity contribution is -0.190. The number of nitrogens with zero attached hydrogens (tertiary/aromatic N) is 2. The number of aliphatic hydroxyl groups excluding tert-OH is 4. The molecule has 2 aliphatic heterocycles. The van der Waals surface area contributed by atoms with E-state index in [4.69, 9.17) is 0 Å². The van der Waals surface area contributed by atoms with Crippen LogP contribution in [0.5, 0.6) is 0 Å². The molecule has 0 aromatic heterocycles. The fraction of sp³-hybridized carbons (Fsp3) is 0.933. The minimum atomic E-state index is -1.37. The zero-order valence-corrected chi connectivity index (χ0v) is 14.0. The Labute approximate surface area is 136 Å². The molecule has 7 heteroatoms. The lowest BCUT2D eigenvalue weighted by atomic mass is 9.94. The fourth-order valence-corrected chi connectivity index (χ4v) is 4.25. The highest BCUT2D eigenvalue weighted by Crippen LogP contribution is 2.34. The molecule has 2 saturated heterocycles. The van der Waals surface area contributed by atoms with Gasteiger partial charge in [0.05, 0.1) is 6.04 Å². The second-order valence-corrected chi connectivity index (χ2v) is 7.09. The number of rotatable bonds is 7. The van der Waals surface area contributed by atoms with Gasteiger partial charge in [-0.1, -0.05) is 50.8 Å². The van der Waals surface area contributed by atoms with Gasteiger partial charge in [0.2, 0.25) is 0 Å². The largest absolute Gasteiger partial charge is 0.388 e. The number of thioether (sulfide) groups is 1. The third-order valence-electron chi connectivity index (χ3n) is 4.40. The van der Waals surface area contributed by atoms with E-state index < -0.39 is 24.5 Å². The van der Waals surface area contributed by atoms with Crippen LogP contribution in [0.25, 0.3) is 0 Å². The number of aliphatic imine (C=N–C) groups is 1. The summed E-state index contributed by atoms with van der Waals surface area (Å²) < 4.78 is 0. The predicted molar refractivity (Wildman–Crippen MR) is 87.8 cm³/mol. The van der Waals surface area contributed by atoms with Gasteiger partial charge in [-0.25, -0.2) is 0 Å². The quantitative estimate of drug-likeness (QED) is 0.508. The third kappa shape index (κ3) is 3.94. The van der Waals surface area contributed by atoms with Crippen LogP contribution in [0.2, 0.25) is 0 Å². The second-order valence-electron chi connectivity index (χ2n) is 6.10. The highest BCUT2D eigenvalue weighted by Gasteiger charge is 2.51. The molecule has 5 atom stereocenters. The van der Waals surface area contributed by atoms with Crippen molar-refractivity contribution in [3.05, 3.63) is 0 Å². The maximum absolute atomic E-state index is 10.1. The van der Waals surface area contributed by atoms with E-state index in [0.29, 0.717) is 17.5 Å². The van der Waals surface area contributed by atoms with Crippen LogP contribution in [-0.2, 0) is 0 Å². The number of unbranched alkanes of at least 4 members (excludes halogenated alkanes) is 5. The molecule has 2 aliphatic rings. The SMILES string of the molecule is CCCCCCCCN=C1SCC2[C@@H](O)[C@H](O)[C@@H](O)[C@@H](O)N12. The number of hydrogen-bond donors (Lipinski definition) is 4.